The van der Waals surface area contributed by atoms with Crippen LogP contribution in [0.4, 0.5) is 27.8 Å². The molecule has 0 saturated carbocycles. The molecule has 0 atom stereocenters. The molecular weight excluding hydrogens is 556 g/mol. The third-order valence-corrected chi connectivity index (χ3v) is 7.30. The summed E-state index contributed by atoms with van der Waals surface area (Å²) in [5, 5.41) is 6.59. The molecule has 44 heavy (non-hydrogen) atoms. The van der Waals surface area contributed by atoms with Gasteiger partial charge in [-0.15, -0.1) is 0 Å². The van der Waals surface area contributed by atoms with Crippen LogP contribution < -0.4 is 21.3 Å². The molecule has 222 valence electrons. The van der Waals surface area contributed by atoms with Crippen LogP contribution in [0.15, 0.2) is 85.1 Å². The average Bonchev–Trinajstić information content (AvgIpc) is 3.05. The van der Waals surface area contributed by atoms with E-state index in [9.17, 15) is 9.59 Å². The Morgan fingerprint density at radius 3 is 2.09 bits per heavy atom. The van der Waals surface area contributed by atoms with Gasteiger partial charge >= 0.3 is 6.03 Å². The van der Waals surface area contributed by atoms with Crippen molar-refractivity contribution in [3.63, 3.8) is 0 Å². The zero-order valence-electron chi connectivity index (χ0n) is 24.4. The molecule has 0 radical (unpaired) electrons. The highest BCUT2D eigenvalue weighted by molar-refractivity contribution is 6.00. The monoisotopic (exact) mass is 588 g/mol. The minimum Gasteiger partial charge on any atom is -0.384 e. The number of anilines is 4. The number of nitrogens with one attached hydrogen (secondary N) is 2. The van der Waals surface area contributed by atoms with Gasteiger partial charge in [-0.05, 0) is 78.4 Å². The number of nitrogen functional groups attached to an aromatic ring is 1. The summed E-state index contributed by atoms with van der Waals surface area (Å²) in [7, 11) is 3.39. The van der Waals surface area contributed by atoms with Gasteiger partial charge in [0, 0.05) is 66.8 Å². The largest absolute Gasteiger partial charge is 0.384 e. The predicted molar refractivity (Wildman–Crippen MR) is 173 cm³/mol. The molecule has 1 fully saturated rings. The molecule has 1 aliphatic rings. The van der Waals surface area contributed by atoms with E-state index in [0.29, 0.717) is 41.8 Å². The van der Waals surface area contributed by atoms with Crippen molar-refractivity contribution < 1.29 is 14.3 Å². The summed E-state index contributed by atoms with van der Waals surface area (Å²) in [6, 6.07) is 23.6. The van der Waals surface area contributed by atoms with Crippen LogP contribution in [0, 0.1) is 0 Å². The normalized spacial score (nSPS) is 13.0. The van der Waals surface area contributed by atoms with Gasteiger partial charge in [-0.3, -0.25) is 4.79 Å². The second-order valence-corrected chi connectivity index (χ2v) is 10.6. The third kappa shape index (κ3) is 6.27. The molecule has 6 rings (SSSR count). The average molecular weight is 589 g/mol. The van der Waals surface area contributed by atoms with Crippen molar-refractivity contribution in [1.29, 1.82) is 0 Å². The third-order valence-electron chi connectivity index (χ3n) is 7.30. The topological polar surface area (TPSA) is 139 Å². The Bertz CT molecular complexity index is 1800. The number of nitrogens with two attached hydrogens (primary N) is 1. The van der Waals surface area contributed by atoms with Crippen LogP contribution in [-0.4, -0.2) is 72.2 Å². The number of morpholine rings is 1. The maximum atomic E-state index is 12.6. The number of hydrogen-bond acceptors (Lipinski definition) is 8. The number of ether oxygens (including phenoxy) is 1. The Morgan fingerprint density at radius 1 is 0.818 bits per heavy atom. The number of pyridine rings is 1. The lowest BCUT2D eigenvalue weighted by Crippen LogP contribution is -2.37. The van der Waals surface area contributed by atoms with E-state index in [1.54, 1.807) is 50.6 Å². The van der Waals surface area contributed by atoms with Gasteiger partial charge in [-0.25, -0.2) is 19.7 Å². The van der Waals surface area contributed by atoms with E-state index >= 15 is 0 Å². The smallest absolute Gasteiger partial charge is 0.323 e. The minimum absolute atomic E-state index is 0.104. The summed E-state index contributed by atoms with van der Waals surface area (Å²) in [5.74, 6) is 1.80. The first-order valence-electron chi connectivity index (χ1n) is 14.2. The van der Waals surface area contributed by atoms with Crippen molar-refractivity contribution in [2.75, 3.05) is 61.7 Å². The second-order valence-electron chi connectivity index (χ2n) is 10.6. The van der Waals surface area contributed by atoms with E-state index in [-0.39, 0.29) is 5.91 Å². The van der Waals surface area contributed by atoms with Crippen LogP contribution >= 0.6 is 0 Å². The van der Waals surface area contributed by atoms with Gasteiger partial charge in [-0.2, -0.15) is 0 Å². The van der Waals surface area contributed by atoms with Gasteiger partial charge in [0.05, 0.1) is 18.7 Å². The van der Waals surface area contributed by atoms with Gasteiger partial charge in [0.2, 0.25) is 0 Å². The van der Waals surface area contributed by atoms with Crippen molar-refractivity contribution in [2.24, 2.45) is 0 Å². The Hall–Kier alpha value is -5.55. The first-order chi connectivity index (χ1) is 21.3. The maximum absolute atomic E-state index is 12.6. The van der Waals surface area contributed by atoms with Crippen molar-refractivity contribution in [3.05, 3.63) is 90.6 Å². The molecule has 4 N–H and O–H groups in total. The molecule has 0 spiro atoms. The summed E-state index contributed by atoms with van der Waals surface area (Å²) in [6.07, 6.45) is 1.75. The first kappa shape index (κ1) is 28.6. The Kier molecular flexibility index (Phi) is 8.02. The van der Waals surface area contributed by atoms with Crippen LogP contribution in [0.5, 0.6) is 0 Å². The molecule has 3 heterocycles. The summed E-state index contributed by atoms with van der Waals surface area (Å²) in [6.45, 7) is 2.75. The summed E-state index contributed by atoms with van der Waals surface area (Å²) in [4.78, 5) is 42.6. The molecule has 1 saturated heterocycles. The Labute approximate surface area is 254 Å². The predicted octanol–water partition coefficient (Wildman–Crippen LogP) is 5.12. The number of rotatable bonds is 6. The minimum atomic E-state index is -0.398. The fourth-order valence-corrected chi connectivity index (χ4v) is 4.96. The standard InChI is InChI=1S/C33H32N8O3/c1-40(2)32(42)22-5-11-26(12-6-22)37-33(43)36-25-9-3-21(4-10-25)30-38-28-19-23(24-8-14-29(34)35-20-24)7-13-27(28)31(39-30)41-15-17-44-18-16-41/h3-14,19-20H,15-18H2,1-2H3,(H2,34,35)(H2,36,37,43). The molecule has 0 unspecified atom stereocenters. The van der Waals surface area contributed by atoms with E-state index in [1.165, 1.54) is 4.90 Å². The maximum Gasteiger partial charge on any atom is 0.323 e. The summed E-state index contributed by atoms with van der Waals surface area (Å²) in [5.41, 5.74) is 11.1. The molecule has 0 bridgehead atoms. The highest BCUT2D eigenvalue weighted by Crippen LogP contribution is 2.32. The zero-order valence-corrected chi connectivity index (χ0v) is 24.4. The number of aromatic nitrogens is 3. The quantitative estimate of drug-likeness (QED) is 0.248. The fraction of sp³-hybridized carbons (Fsp3) is 0.182. The van der Waals surface area contributed by atoms with Crippen LogP contribution in [0.2, 0.25) is 0 Å². The van der Waals surface area contributed by atoms with Crippen LogP contribution in [0.1, 0.15) is 10.4 Å². The number of carbonyl (C=O) groups is 2. The number of urea groups is 1. The fourth-order valence-electron chi connectivity index (χ4n) is 4.96. The van der Waals surface area contributed by atoms with Crippen LogP contribution in [-0.2, 0) is 4.74 Å². The van der Waals surface area contributed by atoms with E-state index < -0.39 is 6.03 Å². The molecule has 0 aliphatic carbocycles. The highest BCUT2D eigenvalue weighted by atomic mass is 16.5. The van der Waals surface area contributed by atoms with Crippen LogP contribution in [0.25, 0.3) is 33.4 Å². The molecule has 2 aromatic heterocycles. The Balaban J connectivity index is 1.24. The molecule has 1 aliphatic heterocycles. The van der Waals surface area contributed by atoms with Gasteiger partial charge in [0.25, 0.3) is 5.91 Å². The molecule has 5 aromatic rings. The molecule has 11 heteroatoms. The van der Waals surface area contributed by atoms with Crippen molar-refractivity contribution in [3.8, 4) is 22.5 Å². The van der Waals surface area contributed by atoms with E-state index in [2.05, 4.69) is 26.6 Å². The SMILES string of the molecule is CN(C)C(=O)c1ccc(NC(=O)Nc2ccc(-c3nc(N4CCOCC4)c4ccc(-c5ccc(N)nc5)cc4n3)cc2)cc1. The lowest BCUT2D eigenvalue weighted by atomic mass is 10.0. The van der Waals surface area contributed by atoms with Crippen molar-refractivity contribution in [1.82, 2.24) is 19.9 Å². The summed E-state index contributed by atoms with van der Waals surface area (Å²) >= 11 is 0. The van der Waals surface area contributed by atoms with Crippen LogP contribution in [0.3, 0.4) is 0 Å². The number of hydrogen-bond donors (Lipinski definition) is 3. The second kappa shape index (κ2) is 12.4. The van der Waals surface area contributed by atoms with E-state index in [1.807, 2.05) is 42.5 Å². The van der Waals surface area contributed by atoms with E-state index in [0.717, 1.165) is 46.5 Å². The zero-order chi connectivity index (χ0) is 30.6. The lowest BCUT2D eigenvalue weighted by Gasteiger charge is -2.29. The Morgan fingerprint density at radius 2 is 1.45 bits per heavy atom. The van der Waals surface area contributed by atoms with Gasteiger partial charge in [0.1, 0.15) is 11.6 Å². The number of nitrogens with zero attached hydrogens (tertiary/aromatic N) is 5. The van der Waals surface area contributed by atoms with Gasteiger partial charge in [0.15, 0.2) is 5.82 Å². The molecule has 11 nitrogen and oxygen atoms in total. The number of fused-ring (bicyclic) bond motifs is 1. The van der Waals surface area contributed by atoms with Gasteiger partial charge in [-0.1, -0.05) is 6.07 Å². The van der Waals surface area contributed by atoms with E-state index in [4.69, 9.17) is 20.4 Å². The summed E-state index contributed by atoms with van der Waals surface area (Å²) < 4.78 is 5.58. The molecular formula is C33H32N8O3. The highest BCUT2D eigenvalue weighted by Gasteiger charge is 2.19. The lowest BCUT2D eigenvalue weighted by molar-refractivity contribution is 0.0827. The van der Waals surface area contributed by atoms with Crippen molar-refractivity contribution in [2.45, 2.75) is 0 Å². The van der Waals surface area contributed by atoms with Gasteiger partial charge < -0.3 is 30.9 Å². The molecule has 3 amide bonds. The van der Waals surface area contributed by atoms with Crippen molar-refractivity contribution >= 4 is 45.9 Å². The number of carbonyl (C=O) groups excluding carboxylic acids is 2. The number of benzene rings is 3. The first-order valence-corrected chi connectivity index (χ1v) is 14.2. The number of amides is 3. The molecule has 3 aromatic carbocycles.